The van der Waals surface area contributed by atoms with Crippen LogP contribution < -0.4 is 5.32 Å². The van der Waals surface area contributed by atoms with E-state index in [-0.39, 0.29) is 29.6 Å². The van der Waals surface area contributed by atoms with E-state index in [0.717, 1.165) is 28.8 Å². The van der Waals surface area contributed by atoms with Crippen molar-refractivity contribution in [3.05, 3.63) is 63.7 Å². The summed E-state index contributed by atoms with van der Waals surface area (Å²) in [5.74, 6) is -0.326. The zero-order valence-corrected chi connectivity index (χ0v) is 16.8. The van der Waals surface area contributed by atoms with E-state index in [2.05, 4.69) is 10.3 Å². The third kappa shape index (κ3) is 4.80. The molecule has 0 saturated heterocycles. The molecule has 1 aromatic heterocycles. The molecule has 1 aliphatic heterocycles. The fourth-order valence-corrected chi connectivity index (χ4v) is 3.52. The van der Waals surface area contributed by atoms with Crippen molar-refractivity contribution in [2.45, 2.75) is 39.3 Å². The van der Waals surface area contributed by atoms with E-state index < -0.39 is 5.82 Å². The highest BCUT2D eigenvalue weighted by atomic mass is 35.5. The van der Waals surface area contributed by atoms with Crippen molar-refractivity contribution >= 4 is 17.6 Å². The number of aliphatic hydroxyl groups excluding tert-OH is 1. The number of fused-ring (bicyclic) bond motifs is 1. The van der Waals surface area contributed by atoms with Gasteiger partial charge in [0, 0.05) is 31.6 Å². The third-order valence-electron chi connectivity index (χ3n) is 5.09. The van der Waals surface area contributed by atoms with Crippen LogP contribution in [0.15, 0.2) is 30.5 Å². The molecule has 0 saturated carbocycles. The van der Waals surface area contributed by atoms with Gasteiger partial charge in [-0.1, -0.05) is 24.6 Å². The van der Waals surface area contributed by atoms with Crippen molar-refractivity contribution in [1.82, 2.24) is 15.2 Å². The molecule has 2 amide bonds. The highest BCUT2D eigenvalue weighted by Crippen LogP contribution is 2.23. The molecule has 1 aliphatic rings. The lowest BCUT2D eigenvalue weighted by molar-refractivity contribution is 0.189. The molecule has 0 unspecified atom stereocenters. The lowest BCUT2D eigenvalue weighted by Crippen LogP contribution is -2.43. The number of carbonyl (C=O) groups excluding carboxylic acids is 1. The van der Waals surface area contributed by atoms with Crippen LogP contribution in [0.4, 0.5) is 9.18 Å². The molecule has 0 spiro atoms. The monoisotopic (exact) mass is 405 g/mol. The van der Waals surface area contributed by atoms with Gasteiger partial charge in [0.2, 0.25) is 0 Å². The Morgan fingerprint density at radius 1 is 1.36 bits per heavy atom. The van der Waals surface area contributed by atoms with E-state index in [1.165, 1.54) is 12.1 Å². The summed E-state index contributed by atoms with van der Waals surface area (Å²) in [6.07, 6.45) is 3.34. The van der Waals surface area contributed by atoms with Crippen molar-refractivity contribution < 1.29 is 14.3 Å². The number of carbonyl (C=O) groups is 1. The average Bonchev–Trinajstić information content (AvgIpc) is 2.69. The van der Waals surface area contributed by atoms with Gasteiger partial charge in [-0.3, -0.25) is 4.98 Å². The number of aromatic nitrogens is 1. The highest BCUT2D eigenvalue weighted by molar-refractivity contribution is 6.30. The topological polar surface area (TPSA) is 65.5 Å². The second-order valence-corrected chi connectivity index (χ2v) is 7.86. The molecule has 5 nitrogen and oxygen atoms in total. The van der Waals surface area contributed by atoms with Gasteiger partial charge in [-0.2, -0.15) is 0 Å². The first kappa shape index (κ1) is 20.6. The molecule has 0 radical (unpaired) electrons. The van der Waals surface area contributed by atoms with Crippen LogP contribution in [0.25, 0.3) is 0 Å². The van der Waals surface area contributed by atoms with Gasteiger partial charge in [0.25, 0.3) is 0 Å². The summed E-state index contributed by atoms with van der Waals surface area (Å²) in [6, 6.07) is 6.04. The fourth-order valence-electron chi connectivity index (χ4n) is 3.34. The Balaban J connectivity index is 1.66. The zero-order valence-electron chi connectivity index (χ0n) is 16.1. The Morgan fingerprint density at radius 3 is 2.86 bits per heavy atom. The standard InChI is InChI=1S/C21H25ClFN3O2/c1-13(12-27)7-18-8-17-11-26(6-5-16(17)10-24-18)21(28)25-14(2)15-3-4-20(23)19(22)9-15/h3-4,8-10,13-14,27H,5-7,11-12H2,1-2H3,(H,25,28)/t13-,14-/m1/s1. The van der Waals surface area contributed by atoms with Crippen molar-refractivity contribution in [3.8, 4) is 0 Å². The summed E-state index contributed by atoms with van der Waals surface area (Å²) >= 11 is 5.84. The van der Waals surface area contributed by atoms with E-state index in [1.54, 1.807) is 11.0 Å². The van der Waals surface area contributed by atoms with Crippen LogP contribution in [0.3, 0.4) is 0 Å². The van der Waals surface area contributed by atoms with Crippen molar-refractivity contribution in [2.75, 3.05) is 13.2 Å². The number of hydrogen-bond acceptors (Lipinski definition) is 3. The number of pyridine rings is 1. The predicted molar refractivity (Wildman–Crippen MR) is 107 cm³/mol. The maximum atomic E-state index is 13.3. The average molecular weight is 406 g/mol. The Labute approximate surface area is 169 Å². The van der Waals surface area contributed by atoms with E-state index in [0.29, 0.717) is 19.5 Å². The highest BCUT2D eigenvalue weighted by Gasteiger charge is 2.23. The summed E-state index contributed by atoms with van der Waals surface area (Å²) in [5, 5.41) is 12.2. The fraction of sp³-hybridized carbons (Fsp3) is 0.429. The maximum Gasteiger partial charge on any atom is 0.318 e. The zero-order chi connectivity index (χ0) is 20.3. The molecular formula is C21H25ClFN3O2. The third-order valence-corrected chi connectivity index (χ3v) is 5.38. The molecule has 2 heterocycles. The van der Waals surface area contributed by atoms with Gasteiger partial charge in [0.05, 0.1) is 11.1 Å². The van der Waals surface area contributed by atoms with Gasteiger partial charge < -0.3 is 15.3 Å². The van der Waals surface area contributed by atoms with Crippen molar-refractivity contribution in [2.24, 2.45) is 5.92 Å². The largest absolute Gasteiger partial charge is 0.396 e. The van der Waals surface area contributed by atoms with Gasteiger partial charge in [0.1, 0.15) is 5.82 Å². The van der Waals surface area contributed by atoms with Crippen LogP contribution in [0, 0.1) is 11.7 Å². The second-order valence-electron chi connectivity index (χ2n) is 7.45. The number of halogens is 2. The first-order chi connectivity index (χ1) is 13.4. The Morgan fingerprint density at radius 2 is 2.14 bits per heavy atom. The minimum absolute atomic E-state index is 0.0441. The van der Waals surface area contributed by atoms with Gasteiger partial charge >= 0.3 is 6.03 Å². The molecule has 7 heteroatoms. The first-order valence-electron chi connectivity index (χ1n) is 9.45. The number of urea groups is 1. The predicted octanol–water partition coefficient (Wildman–Crippen LogP) is 3.87. The van der Waals surface area contributed by atoms with E-state index in [1.807, 2.05) is 26.1 Å². The molecule has 2 aromatic rings. The Kier molecular flexibility index (Phi) is 6.52. The van der Waals surface area contributed by atoms with E-state index >= 15 is 0 Å². The molecule has 150 valence electrons. The number of nitrogens with one attached hydrogen (secondary N) is 1. The molecule has 1 aromatic carbocycles. The SMILES string of the molecule is C[C@@H](CO)Cc1cc2c(cn1)CCN(C(=O)N[C@H](C)c1ccc(F)c(Cl)c1)C2. The molecule has 0 aliphatic carbocycles. The van der Waals surface area contributed by atoms with Gasteiger partial charge in [-0.15, -0.1) is 0 Å². The number of nitrogens with zero attached hydrogens (tertiary/aromatic N) is 2. The van der Waals surface area contributed by atoms with Crippen LogP contribution >= 0.6 is 11.6 Å². The number of benzene rings is 1. The van der Waals surface area contributed by atoms with Crippen LogP contribution in [0.1, 0.15) is 42.3 Å². The first-order valence-corrected chi connectivity index (χ1v) is 9.83. The van der Waals surface area contributed by atoms with E-state index in [9.17, 15) is 14.3 Å². The van der Waals surface area contributed by atoms with Crippen LogP contribution in [-0.4, -0.2) is 34.2 Å². The van der Waals surface area contributed by atoms with Crippen molar-refractivity contribution in [1.29, 1.82) is 0 Å². The molecule has 2 N–H and O–H groups in total. The summed E-state index contributed by atoms with van der Waals surface area (Å²) in [6.45, 7) is 5.07. The summed E-state index contributed by atoms with van der Waals surface area (Å²) in [4.78, 5) is 19.0. The van der Waals surface area contributed by atoms with Crippen LogP contribution in [-0.2, 0) is 19.4 Å². The van der Waals surface area contributed by atoms with Crippen molar-refractivity contribution in [3.63, 3.8) is 0 Å². The molecule has 3 rings (SSSR count). The van der Waals surface area contributed by atoms with Gasteiger partial charge in [-0.05, 0) is 60.6 Å². The number of amides is 2. The summed E-state index contributed by atoms with van der Waals surface area (Å²) in [5.41, 5.74) is 3.93. The minimum Gasteiger partial charge on any atom is -0.396 e. The van der Waals surface area contributed by atoms with Gasteiger partial charge in [0.15, 0.2) is 0 Å². The molecule has 0 bridgehead atoms. The summed E-state index contributed by atoms with van der Waals surface area (Å²) < 4.78 is 13.3. The number of rotatable bonds is 5. The lowest BCUT2D eigenvalue weighted by atomic mass is 9.98. The minimum atomic E-state index is -0.475. The second kappa shape index (κ2) is 8.88. The smallest absolute Gasteiger partial charge is 0.318 e. The Bertz CT molecular complexity index is 862. The summed E-state index contributed by atoms with van der Waals surface area (Å²) in [7, 11) is 0. The van der Waals surface area contributed by atoms with Gasteiger partial charge in [-0.25, -0.2) is 9.18 Å². The quantitative estimate of drug-likeness (QED) is 0.793. The number of hydrogen-bond donors (Lipinski definition) is 2. The molecule has 2 atom stereocenters. The Hall–Kier alpha value is -2.18. The molecular weight excluding hydrogens is 381 g/mol. The van der Waals surface area contributed by atoms with Crippen LogP contribution in [0.5, 0.6) is 0 Å². The lowest BCUT2D eigenvalue weighted by Gasteiger charge is -2.30. The van der Waals surface area contributed by atoms with Crippen LogP contribution in [0.2, 0.25) is 5.02 Å². The molecule has 28 heavy (non-hydrogen) atoms. The normalized spacial score (nSPS) is 15.7. The number of aliphatic hydroxyl groups is 1. The molecule has 0 fully saturated rings. The van der Waals surface area contributed by atoms with E-state index in [4.69, 9.17) is 11.6 Å². The maximum absolute atomic E-state index is 13.3.